The topological polar surface area (TPSA) is 45.4 Å². The van der Waals surface area contributed by atoms with Crippen LogP contribution in [0.2, 0.25) is 0 Å². The van der Waals surface area contributed by atoms with E-state index in [0.29, 0.717) is 5.92 Å². The molecule has 1 aliphatic rings. The Morgan fingerprint density at radius 3 is 2.94 bits per heavy atom. The van der Waals surface area contributed by atoms with Crippen LogP contribution in [0.15, 0.2) is 16.5 Å². The minimum atomic E-state index is -0.179. The van der Waals surface area contributed by atoms with Crippen LogP contribution in [-0.2, 0) is 6.54 Å². The van der Waals surface area contributed by atoms with Crippen LogP contribution in [-0.4, -0.2) is 17.8 Å². The second-order valence-corrected chi connectivity index (χ2v) is 5.15. The summed E-state index contributed by atoms with van der Waals surface area (Å²) >= 11 is 0. The molecular formula is C14H23NO2. The molecule has 96 valence electrons. The van der Waals surface area contributed by atoms with Gasteiger partial charge in [0.15, 0.2) is 0 Å². The first-order chi connectivity index (χ1) is 8.20. The first-order valence-electron chi connectivity index (χ1n) is 6.68. The van der Waals surface area contributed by atoms with E-state index in [4.69, 9.17) is 4.42 Å². The largest absolute Gasteiger partial charge is 0.464 e. The zero-order valence-corrected chi connectivity index (χ0v) is 10.8. The van der Waals surface area contributed by atoms with Gasteiger partial charge in [-0.2, -0.15) is 0 Å². The molecule has 0 aliphatic heterocycles. The molecule has 0 saturated heterocycles. The van der Waals surface area contributed by atoms with Crippen LogP contribution in [0.4, 0.5) is 0 Å². The fourth-order valence-electron chi connectivity index (χ4n) is 2.09. The lowest BCUT2D eigenvalue weighted by Gasteiger charge is -2.07. The predicted octanol–water partition coefficient (Wildman–Crippen LogP) is 2.65. The summed E-state index contributed by atoms with van der Waals surface area (Å²) in [5, 5.41) is 12.7. The van der Waals surface area contributed by atoms with Crippen molar-refractivity contribution in [3.05, 3.63) is 23.7 Å². The van der Waals surface area contributed by atoms with Crippen molar-refractivity contribution >= 4 is 0 Å². The Bertz CT molecular complexity index is 348. The molecule has 0 amide bonds. The van der Waals surface area contributed by atoms with Crippen molar-refractivity contribution in [2.45, 2.75) is 51.7 Å². The van der Waals surface area contributed by atoms with Crippen molar-refractivity contribution in [3.63, 3.8) is 0 Å². The SMILES string of the molecule is CCC(O)CCNCc1ccc(C2CC2C)o1. The van der Waals surface area contributed by atoms with Gasteiger partial charge in [-0.15, -0.1) is 0 Å². The van der Waals surface area contributed by atoms with Crippen LogP contribution >= 0.6 is 0 Å². The number of hydrogen-bond donors (Lipinski definition) is 2. The van der Waals surface area contributed by atoms with Gasteiger partial charge in [0, 0.05) is 5.92 Å². The average Bonchev–Trinajstić information content (AvgIpc) is 2.89. The molecule has 0 bridgehead atoms. The van der Waals surface area contributed by atoms with E-state index < -0.39 is 0 Å². The van der Waals surface area contributed by atoms with Crippen molar-refractivity contribution in [2.75, 3.05) is 6.54 Å². The number of aliphatic hydroxyl groups is 1. The number of hydrogen-bond acceptors (Lipinski definition) is 3. The molecule has 1 fully saturated rings. The van der Waals surface area contributed by atoms with E-state index in [-0.39, 0.29) is 6.10 Å². The third kappa shape index (κ3) is 3.58. The van der Waals surface area contributed by atoms with Crippen molar-refractivity contribution in [1.82, 2.24) is 5.32 Å². The second-order valence-electron chi connectivity index (χ2n) is 5.15. The Morgan fingerprint density at radius 1 is 1.53 bits per heavy atom. The van der Waals surface area contributed by atoms with E-state index in [1.165, 1.54) is 6.42 Å². The Kier molecular flexibility index (Phi) is 4.24. The Hall–Kier alpha value is -0.800. The highest BCUT2D eigenvalue weighted by Crippen LogP contribution is 2.47. The third-order valence-corrected chi connectivity index (χ3v) is 3.58. The monoisotopic (exact) mass is 237 g/mol. The van der Waals surface area contributed by atoms with E-state index in [9.17, 15) is 5.11 Å². The van der Waals surface area contributed by atoms with Gasteiger partial charge in [0.2, 0.25) is 0 Å². The summed E-state index contributed by atoms with van der Waals surface area (Å²) in [6, 6.07) is 4.16. The summed E-state index contributed by atoms with van der Waals surface area (Å²) in [6.45, 7) is 5.86. The van der Waals surface area contributed by atoms with E-state index in [0.717, 1.165) is 43.4 Å². The highest BCUT2D eigenvalue weighted by Gasteiger charge is 2.36. The molecule has 3 unspecified atom stereocenters. The molecule has 1 aromatic heterocycles. The molecule has 1 saturated carbocycles. The highest BCUT2D eigenvalue weighted by molar-refractivity contribution is 5.17. The van der Waals surface area contributed by atoms with Gasteiger partial charge in [0.25, 0.3) is 0 Å². The minimum Gasteiger partial charge on any atom is -0.464 e. The molecule has 3 atom stereocenters. The molecule has 0 spiro atoms. The molecule has 2 rings (SSSR count). The molecule has 17 heavy (non-hydrogen) atoms. The normalized spacial score (nSPS) is 24.9. The van der Waals surface area contributed by atoms with Gasteiger partial charge in [0.1, 0.15) is 11.5 Å². The van der Waals surface area contributed by atoms with Gasteiger partial charge < -0.3 is 14.8 Å². The van der Waals surface area contributed by atoms with Crippen LogP contribution in [0.3, 0.4) is 0 Å². The van der Waals surface area contributed by atoms with Crippen LogP contribution in [0.1, 0.15) is 50.5 Å². The van der Waals surface area contributed by atoms with Gasteiger partial charge in [0.05, 0.1) is 12.6 Å². The molecule has 3 heteroatoms. The fourth-order valence-corrected chi connectivity index (χ4v) is 2.09. The summed E-state index contributed by atoms with van der Waals surface area (Å²) in [6.07, 6.45) is 2.72. The molecule has 0 aromatic carbocycles. The van der Waals surface area contributed by atoms with E-state index >= 15 is 0 Å². The summed E-state index contributed by atoms with van der Waals surface area (Å²) < 4.78 is 5.79. The molecule has 1 aliphatic carbocycles. The number of furan rings is 1. The van der Waals surface area contributed by atoms with Gasteiger partial charge in [-0.3, -0.25) is 0 Å². The number of rotatable bonds is 7. The molecule has 1 aromatic rings. The minimum absolute atomic E-state index is 0.179. The van der Waals surface area contributed by atoms with E-state index in [1.807, 2.05) is 6.92 Å². The maximum absolute atomic E-state index is 9.41. The zero-order chi connectivity index (χ0) is 12.3. The number of nitrogens with one attached hydrogen (secondary N) is 1. The average molecular weight is 237 g/mol. The van der Waals surface area contributed by atoms with Gasteiger partial charge in [-0.1, -0.05) is 13.8 Å². The maximum Gasteiger partial charge on any atom is 0.117 e. The maximum atomic E-state index is 9.41. The fraction of sp³-hybridized carbons (Fsp3) is 0.714. The van der Waals surface area contributed by atoms with Crippen molar-refractivity contribution in [2.24, 2.45) is 5.92 Å². The Morgan fingerprint density at radius 2 is 2.29 bits per heavy atom. The van der Waals surface area contributed by atoms with Gasteiger partial charge in [-0.05, 0) is 43.9 Å². The van der Waals surface area contributed by atoms with Crippen molar-refractivity contribution in [3.8, 4) is 0 Å². The Balaban J connectivity index is 1.67. The van der Waals surface area contributed by atoms with E-state index in [1.54, 1.807) is 0 Å². The second kappa shape index (κ2) is 5.69. The lowest BCUT2D eigenvalue weighted by Crippen LogP contribution is -2.19. The first-order valence-corrected chi connectivity index (χ1v) is 6.68. The standard InChI is InChI=1S/C14H23NO2/c1-3-11(16)6-7-15-9-12-4-5-14(17-12)13-8-10(13)2/h4-5,10-11,13,15-16H,3,6-9H2,1-2H3. The van der Waals surface area contributed by atoms with Gasteiger partial charge in [-0.25, -0.2) is 0 Å². The lowest BCUT2D eigenvalue weighted by atomic mass is 10.2. The summed E-state index contributed by atoms with van der Waals surface area (Å²) in [5.41, 5.74) is 0. The predicted molar refractivity (Wildman–Crippen MR) is 67.9 cm³/mol. The van der Waals surface area contributed by atoms with Crippen molar-refractivity contribution in [1.29, 1.82) is 0 Å². The zero-order valence-electron chi connectivity index (χ0n) is 10.8. The first kappa shape index (κ1) is 12.7. The Labute approximate surface area is 103 Å². The quantitative estimate of drug-likeness (QED) is 0.717. The van der Waals surface area contributed by atoms with E-state index in [2.05, 4.69) is 24.4 Å². The lowest BCUT2D eigenvalue weighted by molar-refractivity contribution is 0.159. The molecule has 0 radical (unpaired) electrons. The molecule has 2 N–H and O–H groups in total. The number of aliphatic hydroxyl groups excluding tert-OH is 1. The summed E-state index contributed by atoms with van der Waals surface area (Å²) in [7, 11) is 0. The summed E-state index contributed by atoms with van der Waals surface area (Å²) in [5.74, 6) is 3.60. The third-order valence-electron chi connectivity index (χ3n) is 3.58. The van der Waals surface area contributed by atoms with Crippen LogP contribution in [0, 0.1) is 5.92 Å². The van der Waals surface area contributed by atoms with Crippen molar-refractivity contribution < 1.29 is 9.52 Å². The van der Waals surface area contributed by atoms with Crippen LogP contribution < -0.4 is 5.32 Å². The summed E-state index contributed by atoms with van der Waals surface area (Å²) in [4.78, 5) is 0. The molecular weight excluding hydrogens is 214 g/mol. The van der Waals surface area contributed by atoms with Crippen LogP contribution in [0.25, 0.3) is 0 Å². The van der Waals surface area contributed by atoms with Crippen LogP contribution in [0.5, 0.6) is 0 Å². The molecule has 1 heterocycles. The molecule has 3 nitrogen and oxygen atoms in total. The highest BCUT2D eigenvalue weighted by atomic mass is 16.3. The smallest absolute Gasteiger partial charge is 0.117 e. The van der Waals surface area contributed by atoms with Gasteiger partial charge >= 0.3 is 0 Å².